The van der Waals surface area contributed by atoms with Gasteiger partial charge in [0.2, 0.25) is 0 Å². The fourth-order valence-electron chi connectivity index (χ4n) is 6.55. The molecule has 0 aromatic carbocycles. The zero-order valence-corrected chi connectivity index (χ0v) is 43.8. The first-order valence-electron chi connectivity index (χ1n) is 27.0. The van der Waals surface area contributed by atoms with Crippen LogP contribution in [0.5, 0.6) is 0 Å². The highest BCUT2D eigenvalue weighted by Gasteiger charge is 2.19. The van der Waals surface area contributed by atoms with Crippen molar-refractivity contribution in [2.75, 3.05) is 13.2 Å². The average Bonchev–Trinajstić information content (AvgIpc) is 3.35. The van der Waals surface area contributed by atoms with E-state index in [1.54, 1.807) is 0 Å². The highest BCUT2D eigenvalue weighted by molar-refractivity contribution is 5.71. The monoisotopic (exact) mass is 949 g/mol. The minimum Gasteiger partial charge on any atom is -0.462 e. The molecule has 0 amide bonds. The Kier molecular flexibility index (Phi) is 51.6. The summed E-state index contributed by atoms with van der Waals surface area (Å²) in [5.74, 6) is -1.14. The van der Waals surface area contributed by atoms with Gasteiger partial charge in [-0.2, -0.15) is 0 Å². The predicted octanol–water partition coefficient (Wildman–Crippen LogP) is 18.2. The van der Waals surface area contributed by atoms with Crippen LogP contribution in [0.15, 0.2) is 158 Å². The first-order chi connectivity index (χ1) is 34.0. The molecule has 1 atom stereocenters. The lowest BCUT2D eigenvalue weighted by molar-refractivity contribution is -0.166. The molecule has 6 nitrogen and oxygen atoms in total. The van der Waals surface area contributed by atoms with Crippen LogP contribution in [0.4, 0.5) is 0 Å². The summed E-state index contributed by atoms with van der Waals surface area (Å²) in [7, 11) is 0. The Hall–Kier alpha value is -4.97. The summed E-state index contributed by atoms with van der Waals surface area (Å²) >= 11 is 0. The molecule has 0 saturated carbocycles. The summed E-state index contributed by atoms with van der Waals surface area (Å²) in [5.41, 5.74) is 0. The molecule has 6 heteroatoms. The third-order valence-corrected chi connectivity index (χ3v) is 10.5. The number of ether oxygens (including phenoxy) is 3. The van der Waals surface area contributed by atoms with Gasteiger partial charge in [0.25, 0.3) is 0 Å². The Morgan fingerprint density at radius 3 is 0.971 bits per heavy atom. The van der Waals surface area contributed by atoms with Gasteiger partial charge in [-0.15, -0.1) is 0 Å². The lowest BCUT2D eigenvalue weighted by atomic mass is 10.1. The number of esters is 3. The quantitative estimate of drug-likeness (QED) is 0.0262. The molecule has 0 rings (SSSR count). The van der Waals surface area contributed by atoms with E-state index in [1.807, 2.05) is 24.3 Å². The van der Waals surface area contributed by atoms with Crippen molar-refractivity contribution in [3.63, 3.8) is 0 Å². The molecule has 0 radical (unpaired) electrons. The molecule has 0 heterocycles. The standard InChI is InChI=1S/C63H96O6/c1-4-7-10-13-16-19-22-25-27-29-31-33-35-38-41-44-47-50-53-56-62(65)68-59-60(58-67-61(64)55-52-49-46-43-40-37-24-21-18-15-12-9-6-3)69-63(66)57-54-51-48-45-42-39-36-34-32-30-28-26-23-20-17-14-11-8-5-2/h7-8,10-11,16-17,19-21,24-28,31-34,38-39,41-42,47-48,50-51,60H,4-6,9,12-15,18,22-23,29-30,35-37,40,43-46,49,52-59H2,1-3H3/b10-7-,11-8-,19-16-,20-17-,24-21-,27-25-,28-26-,33-31-,34-32-,41-38-,42-39-,50-47-,51-48-/t60-/m1/s1. The number of allylic oxidation sites excluding steroid dienone is 26. The highest BCUT2D eigenvalue weighted by Crippen LogP contribution is 2.11. The van der Waals surface area contributed by atoms with Gasteiger partial charge in [0.1, 0.15) is 13.2 Å². The Labute approximate surface area is 422 Å². The normalized spacial score (nSPS) is 13.4. The second-order valence-corrected chi connectivity index (χ2v) is 17.0. The molecule has 0 N–H and O–H groups in total. The zero-order valence-electron chi connectivity index (χ0n) is 43.8. The Bertz CT molecular complexity index is 1610. The van der Waals surface area contributed by atoms with Crippen LogP contribution in [0.3, 0.4) is 0 Å². The second-order valence-electron chi connectivity index (χ2n) is 17.0. The smallest absolute Gasteiger partial charge is 0.306 e. The van der Waals surface area contributed by atoms with Gasteiger partial charge >= 0.3 is 17.9 Å². The van der Waals surface area contributed by atoms with Gasteiger partial charge in [0.15, 0.2) is 6.10 Å². The molecule has 0 aromatic heterocycles. The second kappa shape index (κ2) is 55.6. The van der Waals surface area contributed by atoms with E-state index >= 15 is 0 Å². The van der Waals surface area contributed by atoms with Crippen LogP contribution in [-0.2, 0) is 28.6 Å². The minimum absolute atomic E-state index is 0.143. The molecule has 0 aliphatic heterocycles. The number of rotatable bonds is 46. The third-order valence-electron chi connectivity index (χ3n) is 10.5. The largest absolute Gasteiger partial charge is 0.462 e. The molecular weight excluding hydrogens is 853 g/mol. The molecule has 0 aliphatic carbocycles. The first-order valence-corrected chi connectivity index (χ1v) is 27.0. The SMILES string of the molecule is CC/C=C\C/C=C\C/C=C\C/C=C\C/C=C\C/C=C\CCC(=O)OC[C@@H](COC(=O)CCCCCCC/C=C\CCCCCC)OC(=O)CC/C=C\C/C=C\C/C=C\C/C=C\C/C=C\C/C=C\CC. The fourth-order valence-corrected chi connectivity index (χ4v) is 6.55. The van der Waals surface area contributed by atoms with Crippen LogP contribution in [-0.4, -0.2) is 37.2 Å². The van der Waals surface area contributed by atoms with Crippen LogP contribution >= 0.6 is 0 Å². The van der Waals surface area contributed by atoms with E-state index in [1.165, 1.54) is 38.5 Å². The van der Waals surface area contributed by atoms with Gasteiger partial charge in [-0.25, -0.2) is 0 Å². The van der Waals surface area contributed by atoms with Gasteiger partial charge in [-0.05, 0) is 122 Å². The van der Waals surface area contributed by atoms with E-state index in [9.17, 15) is 14.4 Å². The van der Waals surface area contributed by atoms with Crippen molar-refractivity contribution >= 4 is 17.9 Å². The van der Waals surface area contributed by atoms with Gasteiger partial charge in [0.05, 0.1) is 0 Å². The van der Waals surface area contributed by atoms with Crippen molar-refractivity contribution in [1.29, 1.82) is 0 Å². The molecular formula is C63H96O6. The van der Waals surface area contributed by atoms with Crippen molar-refractivity contribution in [2.24, 2.45) is 0 Å². The maximum absolute atomic E-state index is 12.8. The summed E-state index contributed by atoms with van der Waals surface area (Å²) in [6.45, 7) is 6.23. The average molecular weight is 949 g/mol. The van der Waals surface area contributed by atoms with E-state index in [-0.39, 0.29) is 38.0 Å². The van der Waals surface area contributed by atoms with Crippen molar-refractivity contribution < 1.29 is 28.6 Å². The maximum Gasteiger partial charge on any atom is 0.306 e. The number of carbonyl (C=O) groups is 3. The van der Waals surface area contributed by atoms with Gasteiger partial charge < -0.3 is 14.2 Å². The third kappa shape index (κ3) is 53.8. The fraction of sp³-hybridized carbons (Fsp3) is 0.540. The van der Waals surface area contributed by atoms with Crippen LogP contribution in [0, 0.1) is 0 Å². The van der Waals surface area contributed by atoms with Gasteiger partial charge in [-0.1, -0.05) is 217 Å². The summed E-state index contributed by atoms with van der Waals surface area (Å²) < 4.78 is 16.7. The van der Waals surface area contributed by atoms with Crippen molar-refractivity contribution in [3.8, 4) is 0 Å². The highest BCUT2D eigenvalue weighted by atomic mass is 16.6. The number of unbranched alkanes of at least 4 members (excludes halogenated alkanes) is 9. The predicted molar refractivity (Wildman–Crippen MR) is 297 cm³/mol. The Balaban J connectivity index is 4.66. The minimum atomic E-state index is -0.860. The van der Waals surface area contributed by atoms with Crippen molar-refractivity contribution in [2.45, 2.75) is 207 Å². The number of carbonyl (C=O) groups excluding carboxylic acids is 3. The maximum atomic E-state index is 12.8. The number of hydrogen-bond donors (Lipinski definition) is 0. The molecule has 0 spiro atoms. The van der Waals surface area contributed by atoms with E-state index < -0.39 is 12.1 Å². The molecule has 0 aromatic rings. The molecule has 0 saturated heterocycles. The topological polar surface area (TPSA) is 78.9 Å². The molecule has 69 heavy (non-hydrogen) atoms. The molecule has 0 aliphatic rings. The van der Waals surface area contributed by atoms with Crippen LogP contribution in [0.25, 0.3) is 0 Å². The van der Waals surface area contributed by atoms with E-state index in [0.717, 1.165) is 109 Å². The molecule has 0 unspecified atom stereocenters. The van der Waals surface area contributed by atoms with Crippen molar-refractivity contribution in [1.82, 2.24) is 0 Å². The molecule has 384 valence electrons. The summed E-state index contributed by atoms with van der Waals surface area (Å²) in [6, 6.07) is 0. The molecule has 0 bridgehead atoms. The van der Waals surface area contributed by atoms with E-state index in [0.29, 0.717) is 19.3 Å². The zero-order chi connectivity index (χ0) is 50.0. The van der Waals surface area contributed by atoms with E-state index in [2.05, 4.69) is 154 Å². The van der Waals surface area contributed by atoms with Crippen LogP contribution in [0.2, 0.25) is 0 Å². The summed E-state index contributed by atoms with van der Waals surface area (Å²) in [5, 5.41) is 0. The Morgan fingerprint density at radius 2 is 0.594 bits per heavy atom. The number of hydrogen-bond acceptors (Lipinski definition) is 6. The first kappa shape index (κ1) is 64.0. The van der Waals surface area contributed by atoms with Crippen LogP contribution in [0.1, 0.15) is 201 Å². The summed E-state index contributed by atoms with van der Waals surface area (Å²) in [6.07, 6.45) is 81.1. The van der Waals surface area contributed by atoms with Crippen molar-refractivity contribution in [3.05, 3.63) is 158 Å². The Morgan fingerprint density at radius 1 is 0.304 bits per heavy atom. The lowest BCUT2D eigenvalue weighted by Gasteiger charge is -2.18. The van der Waals surface area contributed by atoms with E-state index in [4.69, 9.17) is 14.2 Å². The van der Waals surface area contributed by atoms with Gasteiger partial charge in [0, 0.05) is 19.3 Å². The van der Waals surface area contributed by atoms with Crippen LogP contribution < -0.4 is 0 Å². The van der Waals surface area contributed by atoms with Gasteiger partial charge in [-0.3, -0.25) is 14.4 Å². The molecule has 0 fully saturated rings. The lowest BCUT2D eigenvalue weighted by Crippen LogP contribution is -2.30. The summed E-state index contributed by atoms with van der Waals surface area (Å²) in [4.78, 5) is 38.0.